The highest BCUT2D eigenvalue weighted by atomic mass is 16.2. The number of aryl methyl sites for hydroxylation is 2. The standard InChI is InChI=1S/C21H26N4O2/c1-16-7-8-19(17(2)14-16)25(18(3)26)15-21(27)24-12-10-23(11-13-24)20-6-4-5-9-22-20/h4-9,14H,10-13,15H2,1-3H3. The van der Waals surface area contributed by atoms with Crippen molar-refractivity contribution >= 4 is 23.3 Å². The molecule has 0 saturated carbocycles. The van der Waals surface area contributed by atoms with E-state index >= 15 is 0 Å². The van der Waals surface area contributed by atoms with Gasteiger partial charge in [-0.25, -0.2) is 4.98 Å². The van der Waals surface area contributed by atoms with Crippen LogP contribution in [0.1, 0.15) is 18.1 Å². The molecule has 0 unspecified atom stereocenters. The van der Waals surface area contributed by atoms with E-state index in [1.54, 1.807) is 11.1 Å². The van der Waals surface area contributed by atoms with E-state index in [-0.39, 0.29) is 18.4 Å². The lowest BCUT2D eigenvalue weighted by molar-refractivity contribution is -0.131. The summed E-state index contributed by atoms with van der Waals surface area (Å²) in [7, 11) is 0. The average Bonchev–Trinajstić information content (AvgIpc) is 2.67. The third-order valence-electron chi connectivity index (χ3n) is 4.92. The summed E-state index contributed by atoms with van der Waals surface area (Å²) in [5.41, 5.74) is 2.93. The fourth-order valence-corrected chi connectivity index (χ4v) is 3.44. The van der Waals surface area contributed by atoms with Crippen LogP contribution in [0.25, 0.3) is 0 Å². The molecular weight excluding hydrogens is 340 g/mol. The first kappa shape index (κ1) is 18.9. The first-order chi connectivity index (χ1) is 13.0. The number of benzene rings is 1. The summed E-state index contributed by atoms with van der Waals surface area (Å²) >= 11 is 0. The van der Waals surface area contributed by atoms with Crippen molar-refractivity contribution in [3.63, 3.8) is 0 Å². The van der Waals surface area contributed by atoms with Crippen LogP contribution in [0.3, 0.4) is 0 Å². The minimum atomic E-state index is -0.123. The number of anilines is 2. The second kappa shape index (κ2) is 8.20. The average molecular weight is 366 g/mol. The smallest absolute Gasteiger partial charge is 0.242 e. The summed E-state index contributed by atoms with van der Waals surface area (Å²) in [5, 5.41) is 0. The highest BCUT2D eigenvalue weighted by Crippen LogP contribution is 2.22. The van der Waals surface area contributed by atoms with Crippen LogP contribution < -0.4 is 9.80 Å². The molecule has 0 spiro atoms. The summed E-state index contributed by atoms with van der Waals surface area (Å²) < 4.78 is 0. The molecule has 1 aliphatic heterocycles. The maximum absolute atomic E-state index is 12.8. The molecule has 0 bridgehead atoms. The normalized spacial score (nSPS) is 14.2. The predicted molar refractivity (Wildman–Crippen MR) is 107 cm³/mol. The van der Waals surface area contributed by atoms with Gasteiger partial charge < -0.3 is 14.7 Å². The number of piperazine rings is 1. The molecule has 3 rings (SSSR count). The number of hydrogen-bond acceptors (Lipinski definition) is 4. The highest BCUT2D eigenvalue weighted by molar-refractivity contribution is 5.98. The maximum Gasteiger partial charge on any atom is 0.242 e. The number of rotatable bonds is 4. The van der Waals surface area contributed by atoms with Gasteiger partial charge >= 0.3 is 0 Å². The van der Waals surface area contributed by atoms with Crippen LogP contribution in [-0.4, -0.2) is 54.4 Å². The number of hydrogen-bond donors (Lipinski definition) is 0. The van der Waals surface area contributed by atoms with Crippen molar-refractivity contribution in [1.82, 2.24) is 9.88 Å². The molecule has 1 saturated heterocycles. The number of carbonyl (C=O) groups excluding carboxylic acids is 2. The van der Waals surface area contributed by atoms with Crippen LogP contribution in [-0.2, 0) is 9.59 Å². The fourth-order valence-electron chi connectivity index (χ4n) is 3.44. The Morgan fingerprint density at radius 2 is 1.81 bits per heavy atom. The molecule has 1 fully saturated rings. The molecule has 142 valence electrons. The molecule has 1 aliphatic rings. The SMILES string of the molecule is CC(=O)N(CC(=O)N1CCN(c2ccccn2)CC1)c1ccc(C)cc1C. The summed E-state index contributed by atoms with van der Waals surface area (Å²) in [6.45, 7) is 8.31. The molecule has 0 aliphatic carbocycles. The second-order valence-corrected chi connectivity index (χ2v) is 6.95. The quantitative estimate of drug-likeness (QED) is 0.834. The lowest BCUT2D eigenvalue weighted by Crippen LogP contribution is -2.52. The van der Waals surface area contributed by atoms with E-state index < -0.39 is 0 Å². The topological polar surface area (TPSA) is 56.8 Å². The van der Waals surface area contributed by atoms with E-state index in [4.69, 9.17) is 0 Å². The van der Waals surface area contributed by atoms with E-state index in [0.717, 1.165) is 35.7 Å². The van der Waals surface area contributed by atoms with Gasteiger partial charge in [0.15, 0.2) is 0 Å². The van der Waals surface area contributed by atoms with Crippen LogP contribution in [0.15, 0.2) is 42.6 Å². The monoisotopic (exact) mass is 366 g/mol. The predicted octanol–water partition coefficient (Wildman–Crippen LogP) is 2.40. The lowest BCUT2D eigenvalue weighted by Gasteiger charge is -2.36. The summed E-state index contributed by atoms with van der Waals surface area (Å²) in [4.78, 5) is 34.9. The maximum atomic E-state index is 12.8. The Labute approximate surface area is 160 Å². The zero-order valence-corrected chi connectivity index (χ0v) is 16.2. The van der Waals surface area contributed by atoms with Crippen molar-refractivity contribution in [1.29, 1.82) is 0 Å². The van der Waals surface area contributed by atoms with Crippen LogP contribution in [0.2, 0.25) is 0 Å². The number of aromatic nitrogens is 1. The largest absolute Gasteiger partial charge is 0.353 e. The molecule has 0 atom stereocenters. The van der Waals surface area contributed by atoms with Gasteiger partial charge in [-0.3, -0.25) is 9.59 Å². The van der Waals surface area contributed by atoms with Gasteiger partial charge in [-0.15, -0.1) is 0 Å². The molecule has 2 aromatic rings. The zero-order valence-electron chi connectivity index (χ0n) is 16.2. The Balaban J connectivity index is 1.64. The van der Waals surface area contributed by atoms with Crippen molar-refractivity contribution in [3.05, 3.63) is 53.7 Å². The first-order valence-corrected chi connectivity index (χ1v) is 9.25. The van der Waals surface area contributed by atoms with Crippen LogP contribution in [0.4, 0.5) is 11.5 Å². The number of carbonyl (C=O) groups is 2. The molecule has 27 heavy (non-hydrogen) atoms. The Hall–Kier alpha value is -2.89. The van der Waals surface area contributed by atoms with Crippen molar-refractivity contribution in [3.8, 4) is 0 Å². The summed E-state index contributed by atoms with van der Waals surface area (Å²) in [6, 6.07) is 11.8. The van der Waals surface area contributed by atoms with Crippen molar-refractivity contribution in [2.24, 2.45) is 0 Å². The first-order valence-electron chi connectivity index (χ1n) is 9.25. The molecular formula is C21H26N4O2. The minimum absolute atomic E-state index is 0.0224. The number of nitrogens with zero attached hydrogens (tertiary/aromatic N) is 4. The van der Waals surface area contributed by atoms with Gasteiger partial charge in [-0.05, 0) is 37.6 Å². The van der Waals surface area contributed by atoms with Gasteiger partial charge in [0.25, 0.3) is 0 Å². The van der Waals surface area contributed by atoms with E-state index in [0.29, 0.717) is 13.1 Å². The summed E-state index contributed by atoms with van der Waals surface area (Å²) in [6.07, 6.45) is 1.78. The van der Waals surface area contributed by atoms with Gasteiger partial charge in [0, 0.05) is 45.0 Å². The molecule has 6 nitrogen and oxygen atoms in total. The molecule has 2 amide bonds. The second-order valence-electron chi connectivity index (χ2n) is 6.95. The molecule has 6 heteroatoms. The van der Waals surface area contributed by atoms with Crippen molar-refractivity contribution < 1.29 is 9.59 Å². The van der Waals surface area contributed by atoms with E-state index in [1.807, 2.05) is 55.1 Å². The van der Waals surface area contributed by atoms with Crippen LogP contribution in [0, 0.1) is 13.8 Å². The van der Waals surface area contributed by atoms with Crippen molar-refractivity contribution in [2.75, 3.05) is 42.5 Å². The van der Waals surface area contributed by atoms with Gasteiger partial charge in [0.2, 0.25) is 11.8 Å². The van der Waals surface area contributed by atoms with Gasteiger partial charge in [0.05, 0.1) is 0 Å². The van der Waals surface area contributed by atoms with E-state index in [1.165, 1.54) is 6.92 Å². The van der Waals surface area contributed by atoms with Crippen LogP contribution >= 0.6 is 0 Å². The highest BCUT2D eigenvalue weighted by Gasteiger charge is 2.25. The number of pyridine rings is 1. The zero-order chi connectivity index (χ0) is 19.4. The molecule has 1 aromatic carbocycles. The Morgan fingerprint density at radius 1 is 1.07 bits per heavy atom. The fraction of sp³-hybridized carbons (Fsp3) is 0.381. The van der Waals surface area contributed by atoms with E-state index in [2.05, 4.69) is 9.88 Å². The molecule has 2 heterocycles. The molecule has 1 aromatic heterocycles. The Bertz CT molecular complexity index is 814. The van der Waals surface area contributed by atoms with Crippen molar-refractivity contribution in [2.45, 2.75) is 20.8 Å². The lowest BCUT2D eigenvalue weighted by atomic mass is 10.1. The Kier molecular flexibility index (Phi) is 5.74. The third kappa shape index (κ3) is 4.45. The molecule has 0 radical (unpaired) electrons. The van der Waals surface area contributed by atoms with Gasteiger partial charge in [-0.1, -0.05) is 23.8 Å². The Morgan fingerprint density at radius 3 is 2.41 bits per heavy atom. The van der Waals surface area contributed by atoms with E-state index in [9.17, 15) is 9.59 Å². The molecule has 0 N–H and O–H groups in total. The minimum Gasteiger partial charge on any atom is -0.353 e. The number of amides is 2. The van der Waals surface area contributed by atoms with Crippen LogP contribution in [0.5, 0.6) is 0 Å². The van der Waals surface area contributed by atoms with Gasteiger partial charge in [-0.2, -0.15) is 0 Å². The van der Waals surface area contributed by atoms with Gasteiger partial charge in [0.1, 0.15) is 12.4 Å². The summed E-state index contributed by atoms with van der Waals surface area (Å²) in [5.74, 6) is 0.790. The third-order valence-corrected chi connectivity index (χ3v) is 4.92.